The van der Waals surface area contributed by atoms with Crippen LogP contribution in [-0.4, -0.2) is 57.3 Å². The highest BCUT2D eigenvalue weighted by molar-refractivity contribution is 4.66. The predicted molar refractivity (Wildman–Crippen MR) is 65.1 cm³/mol. The number of nitrogens with one attached hydrogen (secondary N) is 2. The zero-order chi connectivity index (χ0) is 10.8. The van der Waals surface area contributed by atoms with Crippen molar-refractivity contribution in [3.8, 4) is 0 Å². The van der Waals surface area contributed by atoms with Crippen molar-refractivity contribution >= 4 is 0 Å². The molecular weight excluding hydrogens is 188 g/mol. The van der Waals surface area contributed by atoms with Gasteiger partial charge in [0.15, 0.2) is 0 Å². The van der Waals surface area contributed by atoms with Gasteiger partial charge in [0.05, 0.1) is 0 Å². The second-order valence-corrected chi connectivity index (χ2v) is 4.19. The van der Waals surface area contributed by atoms with Crippen LogP contribution in [0.1, 0.15) is 19.3 Å². The molecule has 2 aliphatic rings. The Balaban J connectivity index is 0.000000162. The molecule has 0 aromatic heterocycles. The molecule has 0 aliphatic carbocycles. The highest BCUT2D eigenvalue weighted by Crippen LogP contribution is 1.96. The largest absolute Gasteiger partial charge is 0.329 e. The van der Waals surface area contributed by atoms with Crippen LogP contribution in [0.5, 0.6) is 0 Å². The van der Waals surface area contributed by atoms with Crippen LogP contribution in [0.25, 0.3) is 0 Å². The van der Waals surface area contributed by atoms with Crippen LogP contribution in [-0.2, 0) is 0 Å². The molecular formula is C11H26N4. The predicted octanol–water partition coefficient (Wildman–Crippen LogP) is -0.390. The van der Waals surface area contributed by atoms with Crippen LogP contribution in [0.2, 0.25) is 0 Å². The summed E-state index contributed by atoms with van der Waals surface area (Å²) in [6, 6.07) is 0. The van der Waals surface area contributed by atoms with E-state index in [0.717, 1.165) is 39.3 Å². The molecule has 0 spiro atoms. The van der Waals surface area contributed by atoms with Crippen LogP contribution in [0.4, 0.5) is 0 Å². The number of hydrogen-bond donors (Lipinski definition) is 3. The third kappa shape index (κ3) is 6.84. The molecule has 0 aromatic rings. The van der Waals surface area contributed by atoms with E-state index in [1.807, 2.05) is 0 Å². The second-order valence-electron chi connectivity index (χ2n) is 4.19. The number of rotatable bonds is 2. The molecule has 2 aliphatic heterocycles. The van der Waals surface area contributed by atoms with Crippen molar-refractivity contribution in [2.24, 2.45) is 5.73 Å². The Hall–Kier alpha value is -0.160. The van der Waals surface area contributed by atoms with Crippen molar-refractivity contribution in [2.45, 2.75) is 19.3 Å². The first-order chi connectivity index (χ1) is 7.43. The van der Waals surface area contributed by atoms with Crippen molar-refractivity contribution in [3.05, 3.63) is 0 Å². The number of piperidine rings is 1. The monoisotopic (exact) mass is 214 g/mol. The molecule has 0 amide bonds. The van der Waals surface area contributed by atoms with Crippen LogP contribution in [0.3, 0.4) is 0 Å². The van der Waals surface area contributed by atoms with E-state index in [-0.39, 0.29) is 0 Å². The van der Waals surface area contributed by atoms with Gasteiger partial charge >= 0.3 is 0 Å². The quantitative estimate of drug-likeness (QED) is 0.586. The molecule has 2 rings (SSSR count). The maximum Gasteiger partial charge on any atom is 0.0108 e. The topological polar surface area (TPSA) is 53.3 Å². The first-order valence-electron chi connectivity index (χ1n) is 6.27. The van der Waals surface area contributed by atoms with Crippen LogP contribution < -0.4 is 16.4 Å². The number of nitrogens with zero attached hydrogens (tertiary/aromatic N) is 1. The lowest BCUT2D eigenvalue weighted by atomic mass is 10.2. The lowest BCUT2D eigenvalue weighted by molar-refractivity contribution is 0.247. The SMILES string of the molecule is C1CCNCC1.NCCN1CCNCC1. The van der Waals surface area contributed by atoms with Crippen LogP contribution >= 0.6 is 0 Å². The summed E-state index contributed by atoms with van der Waals surface area (Å²) < 4.78 is 0. The smallest absolute Gasteiger partial charge is 0.0108 e. The van der Waals surface area contributed by atoms with E-state index in [1.165, 1.54) is 32.4 Å². The summed E-state index contributed by atoms with van der Waals surface area (Å²) in [5.74, 6) is 0. The average molecular weight is 214 g/mol. The zero-order valence-electron chi connectivity index (χ0n) is 9.80. The van der Waals surface area contributed by atoms with Crippen LogP contribution in [0.15, 0.2) is 0 Å². The Morgan fingerprint density at radius 3 is 1.87 bits per heavy atom. The van der Waals surface area contributed by atoms with Gasteiger partial charge in [0.1, 0.15) is 0 Å². The third-order valence-electron chi connectivity index (χ3n) is 2.86. The zero-order valence-corrected chi connectivity index (χ0v) is 9.80. The Bertz CT molecular complexity index is 116. The van der Waals surface area contributed by atoms with E-state index in [9.17, 15) is 0 Å². The minimum Gasteiger partial charge on any atom is -0.329 e. The van der Waals surface area contributed by atoms with E-state index in [1.54, 1.807) is 0 Å². The molecule has 4 nitrogen and oxygen atoms in total. The molecule has 2 fully saturated rings. The van der Waals surface area contributed by atoms with Gasteiger partial charge in [-0.2, -0.15) is 0 Å². The molecule has 0 aromatic carbocycles. The van der Waals surface area contributed by atoms with Crippen molar-refractivity contribution < 1.29 is 0 Å². The van der Waals surface area contributed by atoms with Crippen molar-refractivity contribution in [1.82, 2.24) is 15.5 Å². The molecule has 0 bridgehead atoms. The summed E-state index contributed by atoms with van der Waals surface area (Å²) in [5, 5.41) is 6.58. The van der Waals surface area contributed by atoms with Gasteiger partial charge in [-0.05, 0) is 25.9 Å². The summed E-state index contributed by atoms with van der Waals surface area (Å²) in [4.78, 5) is 2.39. The highest BCUT2D eigenvalue weighted by Gasteiger charge is 2.06. The summed E-state index contributed by atoms with van der Waals surface area (Å²) in [6.45, 7) is 8.93. The van der Waals surface area contributed by atoms with Gasteiger partial charge in [0.25, 0.3) is 0 Å². The van der Waals surface area contributed by atoms with E-state index >= 15 is 0 Å². The summed E-state index contributed by atoms with van der Waals surface area (Å²) in [5.41, 5.74) is 5.40. The fraction of sp³-hybridized carbons (Fsp3) is 1.00. The second kappa shape index (κ2) is 9.09. The van der Waals surface area contributed by atoms with Gasteiger partial charge in [-0.15, -0.1) is 0 Å². The van der Waals surface area contributed by atoms with E-state index < -0.39 is 0 Å². The minimum absolute atomic E-state index is 0.792. The highest BCUT2D eigenvalue weighted by atomic mass is 15.2. The van der Waals surface area contributed by atoms with Gasteiger partial charge in [0.2, 0.25) is 0 Å². The first-order valence-corrected chi connectivity index (χ1v) is 6.27. The molecule has 90 valence electrons. The first kappa shape index (κ1) is 12.9. The van der Waals surface area contributed by atoms with Gasteiger partial charge in [0, 0.05) is 39.3 Å². The average Bonchev–Trinajstić information content (AvgIpc) is 2.34. The summed E-state index contributed by atoms with van der Waals surface area (Å²) >= 11 is 0. The van der Waals surface area contributed by atoms with Gasteiger partial charge in [-0.3, -0.25) is 4.90 Å². The maximum absolute atomic E-state index is 5.40. The van der Waals surface area contributed by atoms with Crippen molar-refractivity contribution in [3.63, 3.8) is 0 Å². The van der Waals surface area contributed by atoms with Gasteiger partial charge in [-0.25, -0.2) is 0 Å². The summed E-state index contributed by atoms with van der Waals surface area (Å²) in [6.07, 6.45) is 4.22. The standard InChI is InChI=1S/C6H15N3.C5H11N/c7-1-4-9-5-2-8-3-6-9;1-2-4-6-5-3-1/h8H,1-7H2;6H,1-5H2. The third-order valence-corrected chi connectivity index (χ3v) is 2.86. The van der Waals surface area contributed by atoms with Crippen molar-refractivity contribution in [1.29, 1.82) is 0 Å². The number of piperazine rings is 1. The fourth-order valence-corrected chi connectivity index (χ4v) is 1.92. The van der Waals surface area contributed by atoms with Crippen molar-refractivity contribution in [2.75, 3.05) is 52.4 Å². The molecule has 2 heterocycles. The molecule has 4 heteroatoms. The normalized spacial score (nSPS) is 23.0. The molecule has 0 saturated carbocycles. The van der Waals surface area contributed by atoms with Crippen LogP contribution in [0, 0.1) is 0 Å². The fourth-order valence-electron chi connectivity index (χ4n) is 1.92. The Labute approximate surface area is 93.6 Å². The Kier molecular flexibility index (Phi) is 7.83. The molecule has 0 atom stereocenters. The van der Waals surface area contributed by atoms with Gasteiger partial charge < -0.3 is 16.4 Å². The number of hydrogen-bond acceptors (Lipinski definition) is 4. The molecule has 15 heavy (non-hydrogen) atoms. The van der Waals surface area contributed by atoms with E-state index in [4.69, 9.17) is 5.73 Å². The Morgan fingerprint density at radius 1 is 0.867 bits per heavy atom. The number of nitrogens with two attached hydrogens (primary N) is 1. The van der Waals surface area contributed by atoms with E-state index in [2.05, 4.69) is 15.5 Å². The van der Waals surface area contributed by atoms with E-state index in [0.29, 0.717) is 0 Å². The minimum atomic E-state index is 0.792. The lowest BCUT2D eigenvalue weighted by Crippen LogP contribution is -2.45. The lowest BCUT2D eigenvalue weighted by Gasteiger charge is -2.26. The summed E-state index contributed by atoms with van der Waals surface area (Å²) in [7, 11) is 0. The molecule has 4 N–H and O–H groups in total. The maximum atomic E-state index is 5.40. The van der Waals surface area contributed by atoms with Gasteiger partial charge in [-0.1, -0.05) is 6.42 Å². The molecule has 0 unspecified atom stereocenters. The molecule has 0 radical (unpaired) electrons. The molecule has 2 saturated heterocycles. The Morgan fingerprint density at radius 2 is 1.47 bits per heavy atom.